The molecule has 12 nitrogen and oxygen atoms in total. The standard InChI is InChI=1S/C28H38N4O8/c1-16-14-31-26(32-16)27(37)40-25-22(35)21(34)23(39-13-7-3-6-12-29-17(2)33)24(36)28(25,38)11-10-18-15-30-20-9-5-4-8-19(18)20/h4-5,8-9,14-15,21-25,30,34-36,38H,3,6-7,10-13H2,1-2H3,(H,29,33)(H,31,32). The number of hydrogen-bond acceptors (Lipinski definition) is 9. The number of para-hydroxylation sites is 1. The van der Waals surface area contributed by atoms with Crippen LogP contribution in [0, 0.1) is 6.92 Å². The van der Waals surface area contributed by atoms with E-state index in [0.717, 1.165) is 29.3 Å². The summed E-state index contributed by atoms with van der Waals surface area (Å²) in [6.07, 6.45) is -2.61. The first-order valence-electron chi connectivity index (χ1n) is 13.5. The third-order valence-corrected chi connectivity index (χ3v) is 7.42. The van der Waals surface area contributed by atoms with Crippen molar-refractivity contribution in [3.63, 3.8) is 0 Å². The number of esters is 1. The normalized spacial score (nSPS) is 26.6. The fourth-order valence-electron chi connectivity index (χ4n) is 5.21. The van der Waals surface area contributed by atoms with Crippen molar-refractivity contribution in [1.29, 1.82) is 0 Å². The van der Waals surface area contributed by atoms with E-state index in [4.69, 9.17) is 9.47 Å². The Kier molecular flexibility index (Phi) is 9.59. The number of nitrogens with one attached hydrogen (secondary N) is 3. The summed E-state index contributed by atoms with van der Waals surface area (Å²) >= 11 is 0. The van der Waals surface area contributed by atoms with Crippen molar-refractivity contribution in [2.45, 2.75) is 82.1 Å². The molecule has 218 valence electrons. The van der Waals surface area contributed by atoms with Gasteiger partial charge in [0.05, 0.1) is 5.69 Å². The number of aromatic nitrogens is 3. The van der Waals surface area contributed by atoms with Gasteiger partial charge in [-0.1, -0.05) is 18.2 Å². The van der Waals surface area contributed by atoms with Crippen molar-refractivity contribution in [3.8, 4) is 0 Å². The maximum atomic E-state index is 12.8. The third kappa shape index (κ3) is 6.53. The van der Waals surface area contributed by atoms with Gasteiger partial charge in [0.25, 0.3) is 0 Å². The van der Waals surface area contributed by atoms with Gasteiger partial charge in [0.1, 0.15) is 30.0 Å². The lowest BCUT2D eigenvalue weighted by Gasteiger charge is -2.50. The average molecular weight is 559 g/mol. The molecule has 1 saturated carbocycles. The van der Waals surface area contributed by atoms with Gasteiger partial charge in [-0.3, -0.25) is 4.79 Å². The molecule has 7 N–H and O–H groups in total. The van der Waals surface area contributed by atoms with Gasteiger partial charge in [-0.05, 0) is 50.7 Å². The van der Waals surface area contributed by atoms with Crippen LogP contribution in [0.3, 0.4) is 0 Å². The molecule has 1 aliphatic carbocycles. The molecule has 0 aliphatic heterocycles. The number of nitrogens with zero attached hydrogens (tertiary/aromatic N) is 1. The zero-order chi connectivity index (χ0) is 28.9. The van der Waals surface area contributed by atoms with Crippen molar-refractivity contribution < 1.29 is 39.5 Å². The highest BCUT2D eigenvalue weighted by Gasteiger charge is 2.60. The minimum Gasteiger partial charge on any atom is -0.450 e. The van der Waals surface area contributed by atoms with Gasteiger partial charge in [-0.15, -0.1) is 0 Å². The number of hydrogen-bond donors (Lipinski definition) is 7. The molecule has 40 heavy (non-hydrogen) atoms. The van der Waals surface area contributed by atoms with Gasteiger partial charge in [0.2, 0.25) is 11.7 Å². The van der Waals surface area contributed by atoms with Crippen molar-refractivity contribution in [2.75, 3.05) is 13.2 Å². The van der Waals surface area contributed by atoms with Crippen molar-refractivity contribution >= 4 is 22.8 Å². The summed E-state index contributed by atoms with van der Waals surface area (Å²) in [6, 6.07) is 7.63. The molecule has 0 saturated heterocycles. The highest BCUT2D eigenvalue weighted by Crippen LogP contribution is 2.38. The van der Waals surface area contributed by atoms with Gasteiger partial charge in [-0.2, -0.15) is 0 Å². The number of fused-ring (bicyclic) bond motifs is 1. The number of aromatic amines is 2. The molecular weight excluding hydrogens is 520 g/mol. The van der Waals surface area contributed by atoms with Gasteiger partial charge < -0.3 is 45.2 Å². The fourth-order valence-corrected chi connectivity index (χ4v) is 5.21. The lowest BCUT2D eigenvalue weighted by Crippen LogP contribution is -2.72. The molecule has 12 heteroatoms. The Morgan fingerprint density at radius 2 is 1.85 bits per heavy atom. The Balaban J connectivity index is 1.51. The molecule has 6 unspecified atom stereocenters. The molecule has 3 aromatic rings. The smallest absolute Gasteiger partial charge is 0.374 e. The number of carbonyl (C=O) groups excluding carboxylic acids is 2. The predicted octanol–water partition coefficient (Wildman–Crippen LogP) is 0.877. The Bertz CT molecular complexity index is 1290. The van der Waals surface area contributed by atoms with Crippen LogP contribution < -0.4 is 5.32 Å². The third-order valence-electron chi connectivity index (χ3n) is 7.42. The summed E-state index contributed by atoms with van der Waals surface area (Å²) < 4.78 is 11.3. The number of aliphatic hydroxyl groups excluding tert-OH is 3. The average Bonchev–Trinajstić information content (AvgIpc) is 3.56. The van der Waals surface area contributed by atoms with Crippen LogP contribution in [0.5, 0.6) is 0 Å². The molecule has 2 aromatic heterocycles. The first-order chi connectivity index (χ1) is 19.1. The van der Waals surface area contributed by atoms with E-state index in [0.29, 0.717) is 18.7 Å². The lowest BCUT2D eigenvalue weighted by atomic mass is 9.72. The molecule has 0 bridgehead atoms. The van der Waals surface area contributed by atoms with E-state index in [9.17, 15) is 30.0 Å². The SMILES string of the molecule is CC(=O)NCCCCCOC1C(O)C(O)C(OC(=O)c2nc(C)c[nH]2)C(O)(CCc2c[nH]c3ccccc23)C1O. The molecule has 0 radical (unpaired) electrons. The van der Waals surface area contributed by atoms with Crippen LogP contribution >= 0.6 is 0 Å². The van der Waals surface area contributed by atoms with Crippen LogP contribution in [0.25, 0.3) is 10.9 Å². The number of ether oxygens (including phenoxy) is 2. The Labute approximate surface area is 231 Å². The van der Waals surface area contributed by atoms with Gasteiger partial charge in [-0.25, -0.2) is 9.78 Å². The van der Waals surface area contributed by atoms with Crippen LogP contribution in [-0.2, 0) is 20.7 Å². The van der Waals surface area contributed by atoms with E-state index in [1.807, 2.05) is 24.3 Å². The van der Waals surface area contributed by atoms with Gasteiger partial charge in [0, 0.05) is 43.4 Å². The lowest BCUT2D eigenvalue weighted by molar-refractivity contribution is -0.277. The second kappa shape index (κ2) is 12.9. The van der Waals surface area contributed by atoms with E-state index in [1.54, 1.807) is 13.1 Å². The maximum Gasteiger partial charge on any atom is 0.374 e. The Morgan fingerprint density at radius 1 is 1.07 bits per heavy atom. The van der Waals surface area contributed by atoms with Crippen LogP contribution in [0.4, 0.5) is 0 Å². The monoisotopic (exact) mass is 558 g/mol. The van der Waals surface area contributed by atoms with Gasteiger partial charge >= 0.3 is 5.97 Å². The molecule has 4 rings (SSSR count). The zero-order valence-electron chi connectivity index (χ0n) is 22.7. The highest BCUT2D eigenvalue weighted by molar-refractivity contribution is 5.85. The molecule has 0 spiro atoms. The molecule has 1 aromatic carbocycles. The summed E-state index contributed by atoms with van der Waals surface area (Å²) in [5, 5.41) is 48.8. The summed E-state index contributed by atoms with van der Waals surface area (Å²) in [6.45, 7) is 3.79. The largest absolute Gasteiger partial charge is 0.450 e. The number of aliphatic hydroxyl groups is 4. The summed E-state index contributed by atoms with van der Waals surface area (Å²) in [4.78, 5) is 33.7. The molecule has 1 aliphatic rings. The van der Waals surface area contributed by atoms with Crippen LogP contribution in [0.1, 0.15) is 54.5 Å². The van der Waals surface area contributed by atoms with Crippen molar-refractivity contribution in [3.05, 3.63) is 53.7 Å². The predicted molar refractivity (Wildman–Crippen MR) is 144 cm³/mol. The van der Waals surface area contributed by atoms with Crippen LogP contribution in [0.2, 0.25) is 0 Å². The number of rotatable bonds is 12. The number of carbonyl (C=O) groups is 2. The molecule has 2 heterocycles. The quantitative estimate of drug-likeness (QED) is 0.125. The second-order valence-corrected chi connectivity index (χ2v) is 10.4. The number of aryl methyl sites for hydroxylation is 2. The van der Waals surface area contributed by atoms with E-state index in [1.165, 1.54) is 13.1 Å². The van der Waals surface area contributed by atoms with E-state index >= 15 is 0 Å². The van der Waals surface area contributed by atoms with E-state index in [2.05, 4.69) is 20.3 Å². The molecule has 6 atom stereocenters. The number of unbranched alkanes of at least 4 members (excludes halogenated alkanes) is 2. The Hall–Kier alpha value is -3.29. The Morgan fingerprint density at radius 3 is 2.58 bits per heavy atom. The van der Waals surface area contributed by atoms with E-state index in [-0.39, 0.29) is 31.2 Å². The van der Waals surface area contributed by atoms with Crippen molar-refractivity contribution in [2.24, 2.45) is 0 Å². The fraction of sp³-hybridized carbons (Fsp3) is 0.536. The van der Waals surface area contributed by atoms with Crippen molar-refractivity contribution in [1.82, 2.24) is 20.3 Å². The zero-order valence-corrected chi connectivity index (χ0v) is 22.7. The minimum atomic E-state index is -2.16. The van der Waals surface area contributed by atoms with Crippen LogP contribution in [-0.4, -0.2) is 96.5 Å². The summed E-state index contributed by atoms with van der Waals surface area (Å²) in [5.41, 5.74) is 0.140. The first-order valence-corrected chi connectivity index (χ1v) is 13.5. The molecular formula is C28H38N4O8. The maximum absolute atomic E-state index is 12.8. The van der Waals surface area contributed by atoms with Crippen LogP contribution in [0.15, 0.2) is 36.7 Å². The number of amides is 1. The second-order valence-electron chi connectivity index (χ2n) is 10.4. The number of benzene rings is 1. The highest BCUT2D eigenvalue weighted by atomic mass is 16.6. The minimum absolute atomic E-state index is 0.106. The number of imidazole rings is 1. The summed E-state index contributed by atoms with van der Waals surface area (Å²) in [5.74, 6) is -1.19. The topological polar surface area (TPSA) is 190 Å². The van der Waals surface area contributed by atoms with Gasteiger partial charge in [0.15, 0.2) is 6.10 Å². The van der Waals surface area contributed by atoms with E-state index < -0.39 is 42.1 Å². The number of H-pyrrole nitrogens is 2. The first kappa shape index (κ1) is 29.7. The molecule has 1 amide bonds. The molecule has 1 fully saturated rings. The summed E-state index contributed by atoms with van der Waals surface area (Å²) in [7, 11) is 0.